The first kappa shape index (κ1) is 25.1. The van der Waals surface area contributed by atoms with Crippen LogP contribution in [0.1, 0.15) is 93.9 Å². The topological polar surface area (TPSA) is 90.0 Å². The van der Waals surface area contributed by atoms with Crippen LogP contribution in [0.2, 0.25) is 0 Å². The maximum atomic E-state index is 14.0. The Morgan fingerprint density at radius 1 is 1.06 bits per heavy atom. The third kappa shape index (κ3) is 4.65. The minimum Gasteiger partial charge on any atom is -0.460 e. The molecular weight excluding hydrogens is 446 g/mol. The molecule has 1 heterocycles. The second kappa shape index (κ2) is 9.25. The van der Waals surface area contributed by atoms with Crippen LogP contribution in [-0.2, 0) is 19.1 Å². The highest BCUT2D eigenvalue weighted by Crippen LogP contribution is 2.49. The van der Waals surface area contributed by atoms with E-state index in [1.165, 1.54) is 0 Å². The molecule has 1 aliphatic heterocycles. The summed E-state index contributed by atoms with van der Waals surface area (Å²) >= 11 is 0. The zero-order valence-electron chi connectivity index (χ0n) is 21.3. The van der Waals surface area contributed by atoms with Crippen molar-refractivity contribution in [3.8, 4) is 0 Å². The lowest BCUT2D eigenvalue weighted by Crippen LogP contribution is -2.61. The largest absolute Gasteiger partial charge is 0.460 e. The van der Waals surface area contributed by atoms with E-state index in [9.17, 15) is 19.2 Å². The standard InChI is InChI=1S/C28H35NO6/c1-17(2)34-25(32)19-15-20(14-18-10-6-7-11-18)28(16-19,26(33)35-27(3,4)5)29-23(30)21-12-8-9-13-22(21)24(29)31/h8-9,12-13,15,17-18,20H,6-7,10-11,14,16H2,1-5H3/t20-,28-/m0/s1. The molecule has 7 heteroatoms. The average Bonchev–Trinajstić information content (AvgIpc) is 3.46. The van der Waals surface area contributed by atoms with Gasteiger partial charge in [0, 0.05) is 17.9 Å². The van der Waals surface area contributed by atoms with Gasteiger partial charge in [0.15, 0.2) is 5.54 Å². The van der Waals surface area contributed by atoms with E-state index in [1.54, 1.807) is 65.0 Å². The smallest absolute Gasteiger partial charge is 0.334 e. The van der Waals surface area contributed by atoms with Gasteiger partial charge in [-0.25, -0.2) is 9.59 Å². The maximum Gasteiger partial charge on any atom is 0.334 e. The van der Waals surface area contributed by atoms with Crippen molar-refractivity contribution in [2.24, 2.45) is 11.8 Å². The Morgan fingerprint density at radius 3 is 2.14 bits per heavy atom. The van der Waals surface area contributed by atoms with E-state index in [0.717, 1.165) is 30.6 Å². The molecule has 0 saturated heterocycles. The number of imide groups is 1. The van der Waals surface area contributed by atoms with Crippen LogP contribution in [0, 0.1) is 11.8 Å². The van der Waals surface area contributed by atoms with E-state index in [4.69, 9.17) is 9.47 Å². The first-order valence-electron chi connectivity index (χ1n) is 12.6. The van der Waals surface area contributed by atoms with E-state index in [-0.39, 0.29) is 23.7 Å². The molecule has 1 aromatic rings. The number of benzene rings is 1. The van der Waals surface area contributed by atoms with Gasteiger partial charge in [-0.3, -0.25) is 14.5 Å². The van der Waals surface area contributed by atoms with Gasteiger partial charge in [-0.05, 0) is 59.1 Å². The maximum absolute atomic E-state index is 14.0. The van der Waals surface area contributed by atoms with Crippen LogP contribution in [0.3, 0.4) is 0 Å². The number of hydrogen-bond acceptors (Lipinski definition) is 6. The van der Waals surface area contributed by atoms with Gasteiger partial charge in [0.25, 0.3) is 11.8 Å². The number of esters is 2. The fourth-order valence-corrected chi connectivity index (χ4v) is 5.64. The summed E-state index contributed by atoms with van der Waals surface area (Å²) in [6.07, 6.45) is 6.14. The fourth-order valence-electron chi connectivity index (χ4n) is 5.64. The minimum absolute atomic E-state index is 0.115. The van der Waals surface area contributed by atoms with Crippen molar-refractivity contribution in [1.29, 1.82) is 0 Å². The average molecular weight is 482 g/mol. The number of amides is 2. The Hall–Kier alpha value is -2.96. The summed E-state index contributed by atoms with van der Waals surface area (Å²) in [5, 5.41) is 0. The molecule has 2 atom stereocenters. The Bertz CT molecular complexity index is 1040. The fraction of sp³-hybridized carbons (Fsp3) is 0.571. The molecule has 3 aliphatic rings. The van der Waals surface area contributed by atoms with E-state index in [1.807, 2.05) is 0 Å². The molecule has 1 aromatic carbocycles. The minimum atomic E-state index is -1.64. The van der Waals surface area contributed by atoms with Crippen molar-refractivity contribution < 1.29 is 28.7 Å². The molecule has 7 nitrogen and oxygen atoms in total. The summed E-state index contributed by atoms with van der Waals surface area (Å²) in [5.74, 6) is -2.45. The molecule has 0 unspecified atom stereocenters. The number of carbonyl (C=O) groups is 4. The number of ether oxygens (including phenoxy) is 2. The van der Waals surface area contributed by atoms with Gasteiger partial charge in [0.05, 0.1) is 17.2 Å². The third-order valence-electron chi connectivity index (χ3n) is 7.09. The lowest BCUT2D eigenvalue weighted by molar-refractivity contribution is -0.169. The Kier molecular flexibility index (Phi) is 6.64. The van der Waals surface area contributed by atoms with Crippen LogP contribution < -0.4 is 0 Å². The van der Waals surface area contributed by atoms with E-state index >= 15 is 0 Å². The zero-order valence-corrected chi connectivity index (χ0v) is 21.3. The zero-order chi connectivity index (χ0) is 25.5. The van der Waals surface area contributed by atoms with Crippen molar-refractivity contribution in [1.82, 2.24) is 4.90 Å². The summed E-state index contributed by atoms with van der Waals surface area (Å²) in [6, 6.07) is 6.59. The summed E-state index contributed by atoms with van der Waals surface area (Å²) in [7, 11) is 0. The SMILES string of the molecule is CC(C)OC(=O)C1=C[C@H](CC2CCCC2)[C@@](C(=O)OC(C)(C)C)(N2C(=O)c3ccccc3C2=O)C1. The summed E-state index contributed by atoms with van der Waals surface area (Å²) in [6.45, 7) is 8.78. The van der Waals surface area contributed by atoms with Crippen molar-refractivity contribution in [3.05, 3.63) is 47.0 Å². The number of fused-ring (bicyclic) bond motifs is 1. The van der Waals surface area contributed by atoms with Crippen LogP contribution in [0.15, 0.2) is 35.9 Å². The molecule has 2 amide bonds. The van der Waals surface area contributed by atoms with E-state index in [2.05, 4.69) is 0 Å². The highest BCUT2D eigenvalue weighted by molar-refractivity contribution is 6.23. The molecule has 0 radical (unpaired) electrons. The van der Waals surface area contributed by atoms with Gasteiger partial charge >= 0.3 is 11.9 Å². The van der Waals surface area contributed by atoms with Crippen molar-refractivity contribution >= 4 is 23.8 Å². The van der Waals surface area contributed by atoms with Crippen LogP contribution >= 0.6 is 0 Å². The molecule has 188 valence electrons. The Morgan fingerprint density at radius 2 is 1.63 bits per heavy atom. The first-order valence-corrected chi connectivity index (χ1v) is 12.6. The summed E-state index contributed by atoms with van der Waals surface area (Å²) in [4.78, 5) is 55.4. The number of carbonyl (C=O) groups excluding carboxylic acids is 4. The molecule has 1 saturated carbocycles. The van der Waals surface area contributed by atoms with Crippen molar-refractivity contribution in [2.45, 2.75) is 90.4 Å². The van der Waals surface area contributed by atoms with Gasteiger partial charge in [-0.15, -0.1) is 0 Å². The lowest BCUT2D eigenvalue weighted by Gasteiger charge is -2.42. The van der Waals surface area contributed by atoms with Gasteiger partial charge in [-0.2, -0.15) is 0 Å². The Balaban J connectivity index is 1.83. The molecular formula is C28H35NO6. The summed E-state index contributed by atoms with van der Waals surface area (Å²) < 4.78 is 11.3. The second-order valence-corrected chi connectivity index (χ2v) is 11.2. The molecule has 4 rings (SSSR count). The number of nitrogens with zero attached hydrogens (tertiary/aromatic N) is 1. The molecule has 0 bridgehead atoms. The molecule has 0 N–H and O–H groups in total. The van der Waals surface area contributed by atoms with Crippen LogP contribution in [0.5, 0.6) is 0 Å². The highest BCUT2D eigenvalue weighted by atomic mass is 16.6. The van der Waals surface area contributed by atoms with Crippen LogP contribution in [0.4, 0.5) is 0 Å². The van der Waals surface area contributed by atoms with Gasteiger partial charge in [0.1, 0.15) is 5.60 Å². The molecule has 2 aliphatic carbocycles. The Labute approximate surface area is 206 Å². The summed E-state index contributed by atoms with van der Waals surface area (Å²) in [5.41, 5.74) is -1.66. The van der Waals surface area contributed by atoms with Crippen LogP contribution in [-0.4, -0.2) is 45.9 Å². The monoisotopic (exact) mass is 481 g/mol. The molecule has 0 spiro atoms. The molecule has 0 aromatic heterocycles. The van der Waals surface area contributed by atoms with Gasteiger partial charge in [0.2, 0.25) is 0 Å². The van der Waals surface area contributed by atoms with Gasteiger partial charge in [-0.1, -0.05) is 43.9 Å². The lowest BCUT2D eigenvalue weighted by atomic mass is 9.78. The first-order chi connectivity index (χ1) is 16.4. The van der Waals surface area contributed by atoms with E-state index < -0.39 is 40.8 Å². The van der Waals surface area contributed by atoms with Gasteiger partial charge < -0.3 is 9.47 Å². The predicted molar refractivity (Wildman–Crippen MR) is 130 cm³/mol. The quantitative estimate of drug-likeness (QED) is 0.427. The number of rotatable bonds is 6. The molecule has 1 fully saturated rings. The van der Waals surface area contributed by atoms with Crippen molar-refractivity contribution in [3.63, 3.8) is 0 Å². The van der Waals surface area contributed by atoms with Crippen LogP contribution in [0.25, 0.3) is 0 Å². The molecule has 35 heavy (non-hydrogen) atoms. The van der Waals surface area contributed by atoms with Crippen molar-refractivity contribution in [2.75, 3.05) is 0 Å². The number of hydrogen-bond donors (Lipinski definition) is 0. The highest BCUT2D eigenvalue weighted by Gasteiger charge is 2.62. The second-order valence-electron chi connectivity index (χ2n) is 11.2. The van der Waals surface area contributed by atoms with E-state index in [0.29, 0.717) is 17.9 Å². The normalized spacial score (nSPS) is 24.7. The third-order valence-corrected chi connectivity index (χ3v) is 7.09. The predicted octanol–water partition coefficient (Wildman–Crippen LogP) is 4.84.